The summed E-state index contributed by atoms with van der Waals surface area (Å²) in [5.41, 5.74) is 6.54. The monoisotopic (exact) mass is 230 g/mol. The van der Waals surface area contributed by atoms with Gasteiger partial charge in [-0.05, 0) is 29.7 Å². The molecule has 0 aliphatic heterocycles. The average molecular weight is 230 g/mol. The fourth-order valence-electron chi connectivity index (χ4n) is 2.03. The second-order valence-corrected chi connectivity index (χ2v) is 4.69. The molecule has 90 valence electrons. The van der Waals surface area contributed by atoms with E-state index >= 15 is 0 Å². The zero-order chi connectivity index (χ0) is 12.5. The van der Waals surface area contributed by atoms with Crippen LogP contribution in [0.5, 0.6) is 0 Å². The molecule has 0 radical (unpaired) electrons. The largest absolute Gasteiger partial charge is 0.384 e. The standard InChI is InChI=1S/C14H18N2O/c1-10(2)14(17,9-15)12-5-6-13-11(8-12)4-3-7-16-13/h3-8,10,17H,9,15H2,1-2H3. The number of hydrogen-bond donors (Lipinski definition) is 2. The third-order valence-corrected chi connectivity index (χ3v) is 3.37. The summed E-state index contributed by atoms with van der Waals surface area (Å²) in [6.07, 6.45) is 1.76. The molecule has 1 heterocycles. The van der Waals surface area contributed by atoms with E-state index in [1.807, 2.05) is 44.2 Å². The Balaban J connectivity index is 2.55. The molecule has 2 rings (SSSR count). The van der Waals surface area contributed by atoms with Crippen molar-refractivity contribution in [3.8, 4) is 0 Å². The van der Waals surface area contributed by atoms with Crippen LogP contribution in [0.1, 0.15) is 19.4 Å². The Hall–Kier alpha value is -1.45. The Kier molecular flexibility index (Phi) is 3.13. The first-order valence-corrected chi connectivity index (χ1v) is 5.85. The van der Waals surface area contributed by atoms with Crippen LogP contribution in [-0.2, 0) is 5.60 Å². The molecule has 3 N–H and O–H groups in total. The van der Waals surface area contributed by atoms with Gasteiger partial charge in [-0.2, -0.15) is 0 Å². The van der Waals surface area contributed by atoms with Gasteiger partial charge in [0.15, 0.2) is 0 Å². The van der Waals surface area contributed by atoms with Crippen molar-refractivity contribution >= 4 is 10.9 Å². The minimum atomic E-state index is -0.968. The third kappa shape index (κ3) is 2.04. The van der Waals surface area contributed by atoms with Crippen LogP contribution in [0.25, 0.3) is 10.9 Å². The zero-order valence-corrected chi connectivity index (χ0v) is 10.2. The lowest BCUT2D eigenvalue weighted by Crippen LogP contribution is -2.39. The fourth-order valence-corrected chi connectivity index (χ4v) is 2.03. The molecule has 0 fully saturated rings. The Morgan fingerprint density at radius 2 is 2.12 bits per heavy atom. The number of hydrogen-bond acceptors (Lipinski definition) is 3. The number of fused-ring (bicyclic) bond motifs is 1. The molecular formula is C14H18N2O. The smallest absolute Gasteiger partial charge is 0.104 e. The van der Waals surface area contributed by atoms with Crippen molar-refractivity contribution in [3.63, 3.8) is 0 Å². The summed E-state index contributed by atoms with van der Waals surface area (Å²) in [4.78, 5) is 4.26. The van der Waals surface area contributed by atoms with Crippen LogP contribution in [-0.4, -0.2) is 16.6 Å². The molecule has 2 aromatic rings. The van der Waals surface area contributed by atoms with Crippen molar-refractivity contribution in [1.29, 1.82) is 0 Å². The first-order chi connectivity index (χ1) is 8.08. The lowest BCUT2D eigenvalue weighted by molar-refractivity contribution is -0.00102. The summed E-state index contributed by atoms with van der Waals surface area (Å²) in [6.45, 7) is 4.16. The number of pyridine rings is 1. The number of nitrogens with two attached hydrogens (primary N) is 1. The topological polar surface area (TPSA) is 59.1 Å². The van der Waals surface area contributed by atoms with Crippen molar-refractivity contribution in [2.24, 2.45) is 11.7 Å². The van der Waals surface area contributed by atoms with Crippen LogP contribution < -0.4 is 5.73 Å². The maximum absolute atomic E-state index is 10.6. The maximum atomic E-state index is 10.6. The molecule has 1 unspecified atom stereocenters. The predicted octanol–water partition coefficient (Wildman–Crippen LogP) is 2.04. The van der Waals surface area contributed by atoms with Crippen molar-refractivity contribution in [3.05, 3.63) is 42.1 Å². The molecule has 0 aliphatic carbocycles. The van der Waals surface area contributed by atoms with Crippen molar-refractivity contribution in [1.82, 2.24) is 4.98 Å². The van der Waals surface area contributed by atoms with Gasteiger partial charge in [-0.15, -0.1) is 0 Å². The predicted molar refractivity (Wildman–Crippen MR) is 69.5 cm³/mol. The minimum absolute atomic E-state index is 0.0709. The van der Waals surface area contributed by atoms with Gasteiger partial charge in [-0.3, -0.25) is 4.98 Å². The Bertz CT molecular complexity index is 524. The second-order valence-electron chi connectivity index (χ2n) is 4.69. The summed E-state index contributed by atoms with van der Waals surface area (Å²) < 4.78 is 0. The van der Waals surface area contributed by atoms with Crippen molar-refractivity contribution in [2.75, 3.05) is 6.54 Å². The lowest BCUT2D eigenvalue weighted by atomic mass is 9.83. The highest BCUT2D eigenvalue weighted by atomic mass is 16.3. The average Bonchev–Trinajstić information content (AvgIpc) is 2.37. The first kappa shape index (κ1) is 12.0. The van der Waals surface area contributed by atoms with Crippen molar-refractivity contribution in [2.45, 2.75) is 19.4 Å². The van der Waals surface area contributed by atoms with Crippen molar-refractivity contribution < 1.29 is 5.11 Å². The fraction of sp³-hybridized carbons (Fsp3) is 0.357. The van der Waals surface area contributed by atoms with Crippen LogP contribution >= 0.6 is 0 Å². The van der Waals surface area contributed by atoms with E-state index < -0.39 is 5.60 Å². The highest BCUT2D eigenvalue weighted by Gasteiger charge is 2.31. The molecule has 0 amide bonds. The summed E-state index contributed by atoms with van der Waals surface area (Å²) in [5, 5.41) is 11.6. The van der Waals surface area contributed by atoms with E-state index in [1.54, 1.807) is 6.20 Å². The SMILES string of the molecule is CC(C)C(O)(CN)c1ccc2ncccc2c1. The molecule has 0 aliphatic rings. The molecule has 1 aromatic carbocycles. The van der Waals surface area contributed by atoms with E-state index in [0.29, 0.717) is 0 Å². The quantitative estimate of drug-likeness (QED) is 0.848. The van der Waals surface area contributed by atoms with Gasteiger partial charge in [-0.25, -0.2) is 0 Å². The normalized spacial score (nSPS) is 15.1. The highest BCUT2D eigenvalue weighted by Crippen LogP contribution is 2.30. The summed E-state index contributed by atoms with van der Waals surface area (Å²) in [7, 11) is 0. The van der Waals surface area contributed by atoms with E-state index in [2.05, 4.69) is 4.98 Å². The van der Waals surface area contributed by atoms with E-state index in [4.69, 9.17) is 5.73 Å². The van der Waals surface area contributed by atoms with Gasteiger partial charge in [0.25, 0.3) is 0 Å². The number of aliphatic hydroxyl groups is 1. The second kappa shape index (κ2) is 4.43. The third-order valence-electron chi connectivity index (χ3n) is 3.37. The van der Waals surface area contributed by atoms with Gasteiger partial charge < -0.3 is 10.8 Å². The summed E-state index contributed by atoms with van der Waals surface area (Å²) >= 11 is 0. The van der Waals surface area contributed by atoms with Gasteiger partial charge in [0.1, 0.15) is 5.60 Å². The van der Waals surface area contributed by atoms with Crippen LogP contribution in [0, 0.1) is 5.92 Å². The molecular weight excluding hydrogens is 212 g/mol. The molecule has 1 aromatic heterocycles. The van der Waals surface area contributed by atoms with Crippen LogP contribution in [0.4, 0.5) is 0 Å². The first-order valence-electron chi connectivity index (χ1n) is 5.85. The Morgan fingerprint density at radius 1 is 1.35 bits per heavy atom. The maximum Gasteiger partial charge on any atom is 0.104 e. The van der Waals surface area contributed by atoms with Gasteiger partial charge in [-0.1, -0.05) is 26.0 Å². The van der Waals surface area contributed by atoms with E-state index in [1.165, 1.54) is 0 Å². The minimum Gasteiger partial charge on any atom is -0.384 e. The molecule has 17 heavy (non-hydrogen) atoms. The molecule has 1 atom stereocenters. The molecule has 3 heteroatoms. The van der Waals surface area contributed by atoms with E-state index in [0.717, 1.165) is 16.5 Å². The highest BCUT2D eigenvalue weighted by molar-refractivity contribution is 5.79. The van der Waals surface area contributed by atoms with Gasteiger partial charge in [0.05, 0.1) is 5.52 Å². The van der Waals surface area contributed by atoms with E-state index in [9.17, 15) is 5.11 Å². The lowest BCUT2D eigenvalue weighted by Gasteiger charge is -2.31. The Labute approximate surface area is 101 Å². The molecule has 0 spiro atoms. The number of rotatable bonds is 3. The van der Waals surface area contributed by atoms with Crippen LogP contribution in [0.2, 0.25) is 0 Å². The van der Waals surface area contributed by atoms with Crippen LogP contribution in [0.15, 0.2) is 36.5 Å². The van der Waals surface area contributed by atoms with E-state index in [-0.39, 0.29) is 12.5 Å². The van der Waals surface area contributed by atoms with Crippen LogP contribution in [0.3, 0.4) is 0 Å². The molecule has 0 saturated heterocycles. The zero-order valence-electron chi connectivity index (χ0n) is 10.2. The number of aromatic nitrogens is 1. The Morgan fingerprint density at radius 3 is 2.76 bits per heavy atom. The van der Waals surface area contributed by atoms with Gasteiger partial charge >= 0.3 is 0 Å². The molecule has 0 saturated carbocycles. The molecule has 0 bridgehead atoms. The summed E-state index contributed by atoms with van der Waals surface area (Å²) in [5.74, 6) is 0.0709. The summed E-state index contributed by atoms with van der Waals surface area (Å²) in [6, 6.07) is 9.68. The number of benzene rings is 1. The number of nitrogens with zero attached hydrogens (tertiary/aromatic N) is 1. The van der Waals surface area contributed by atoms with Gasteiger partial charge in [0, 0.05) is 18.1 Å². The molecule has 3 nitrogen and oxygen atoms in total. The van der Waals surface area contributed by atoms with Gasteiger partial charge in [0.2, 0.25) is 0 Å².